The van der Waals surface area contributed by atoms with Gasteiger partial charge in [0.05, 0.1) is 6.17 Å². The molecule has 1 amide bonds. The van der Waals surface area contributed by atoms with Crippen molar-refractivity contribution in [1.29, 1.82) is 0 Å². The summed E-state index contributed by atoms with van der Waals surface area (Å²) in [4.78, 5) is 28.1. The van der Waals surface area contributed by atoms with E-state index < -0.39 is 0 Å². The third-order valence-corrected chi connectivity index (χ3v) is 6.58. The summed E-state index contributed by atoms with van der Waals surface area (Å²) in [5.41, 5.74) is 11.1. The minimum Gasteiger partial charge on any atom is -0.369 e. The second-order valence-corrected chi connectivity index (χ2v) is 10.2. The molecule has 190 valence electrons. The van der Waals surface area contributed by atoms with E-state index in [-0.39, 0.29) is 17.6 Å². The van der Waals surface area contributed by atoms with Crippen molar-refractivity contribution in [3.63, 3.8) is 0 Å². The van der Waals surface area contributed by atoms with Crippen LogP contribution in [-0.4, -0.2) is 34.6 Å². The van der Waals surface area contributed by atoms with Gasteiger partial charge in [-0.25, -0.2) is 0 Å². The van der Waals surface area contributed by atoms with Crippen molar-refractivity contribution in [2.45, 2.75) is 59.7 Å². The maximum atomic E-state index is 13.3. The van der Waals surface area contributed by atoms with Crippen molar-refractivity contribution in [2.75, 3.05) is 18.4 Å². The normalized spacial score (nSPS) is 15.3. The molecule has 2 heterocycles. The second-order valence-electron chi connectivity index (χ2n) is 10.2. The van der Waals surface area contributed by atoms with Gasteiger partial charge in [0.1, 0.15) is 0 Å². The van der Waals surface area contributed by atoms with Crippen LogP contribution in [0.1, 0.15) is 52.5 Å². The third-order valence-electron chi connectivity index (χ3n) is 6.58. The molecule has 0 spiro atoms. The van der Waals surface area contributed by atoms with Crippen LogP contribution >= 0.6 is 0 Å². The van der Waals surface area contributed by atoms with Gasteiger partial charge in [-0.15, -0.1) is 0 Å². The van der Waals surface area contributed by atoms with Gasteiger partial charge < -0.3 is 20.5 Å². The largest absolute Gasteiger partial charge is 0.369 e. The fourth-order valence-electron chi connectivity index (χ4n) is 4.93. The smallest absolute Gasteiger partial charge is 0.258 e. The number of benzene rings is 2. The van der Waals surface area contributed by atoms with Crippen molar-refractivity contribution in [1.82, 2.24) is 9.47 Å². The Kier molecular flexibility index (Phi) is 7.94. The first-order chi connectivity index (χ1) is 17.3. The number of amides is 1. The molecule has 0 aliphatic carbocycles. The number of hydrogen-bond acceptors (Lipinski definition) is 4. The van der Waals surface area contributed by atoms with E-state index in [9.17, 15) is 9.59 Å². The van der Waals surface area contributed by atoms with Gasteiger partial charge in [0.2, 0.25) is 5.91 Å². The van der Waals surface area contributed by atoms with Crippen LogP contribution in [0.25, 0.3) is 28.0 Å². The number of nitrogens with zero attached hydrogens (tertiary/aromatic N) is 2. The number of anilines is 1. The van der Waals surface area contributed by atoms with Crippen LogP contribution in [0.2, 0.25) is 0 Å². The van der Waals surface area contributed by atoms with Crippen molar-refractivity contribution in [3.8, 4) is 11.1 Å². The summed E-state index contributed by atoms with van der Waals surface area (Å²) in [5, 5.41) is 5.05. The highest BCUT2D eigenvalue weighted by Gasteiger charge is 2.23. The van der Waals surface area contributed by atoms with Gasteiger partial charge >= 0.3 is 0 Å². The Morgan fingerprint density at radius 2 is 1.78 bits per heavy atom. The Bertz CT molecular complexity index is 1330. The molecule has 1 unspecified atom stereocenters. The van der Waals surface area contributed by atoms with Gasteiger partial charge in [-0.3, -0.25) is 9.59 Å². The van der Waals surface area contributed by atoms with E-state index in [1.165, 1.54) is 0 Å². The zero-order valence-corrected chi connectivity index (χ0v) is 21.9. The van der Waals surface area contributed by atoms with Gasteiger partial charge in [-0.05, 0) is 71.2 Å². The molecule has 1 atom stereocenters. The van der Waals surface area contributed by atoms with Crippen molar-refractivity contribution in [2.24, 2.45) is 11.7 Å². The lowest BCUT2D eigenvalue weighted by molar-refractivity contribution is -0.127. The predicted molar refractivity (Wildman–Crippen MR) is 150 cm³/mol. The van der Waals surface area contributed by atoms with Crippen molar-refractivity contribution < 1.29 is 4.79 Å². The van der Waals surface area contributed by atoms with E-state index >= 15 is 0 Å². The SMILES string of the molecule is CCCN(CCC)C(=O)C1=Cc2ccc(-c3ccc4c(=O)n(CC(C)C)ccc4c3)cc2NC(N)C1. The summed E-state index contributed by atoms with van der Waals surface area (Å²) in [7, 11) is 0. The van der Waals surface area contributed by atoms with Gasteiger partial charge in [0.25, 0.3) is 5.56 Å². The Morgan fingerprint density at radius 1 is 1.08 bits per heavy atom. The molecular formula is C30H38N4O2. The molecule has 0 saturated heterocycles. The number of hydrogen-bond donors (Lipinski definition) is 2. The number of carbonyl (C=O) groups excluding carboxylic acids is 1. The lowest BCUT2D eigenvalue weighted by Crippen LogP contribution is -2.36. The number of carbonyl (C=O) groups is 1. The van der Waals surface area contributed by atoms with Crippen LogP contribution in [0.3, 0.4) is 0 Å². The van der Waals surface area contributed by atoms with Crippen LogP contribution < -0.4 is 16.6 Å². The number of nitrogens with two attached hydrogens (primary N) is 1. The maximum absolute atomic E-state index is 13.3. The molecule has 2 aromatic carbocycles. The van der Waals surface area contributed by atoms with Crippen LogP contribution in [0.5, 0.6) is 0 Å². The van der Waals surface area contributed by atoms with Gasteiger partial charge in [0, 0.05) is 48.9 Å². The first-order valence-corrected chi connectivity index (χ1v) is 13.1. The highest BCUT2D eigenvalue weighted by Crippen LogP contribution is 2.32. The minimum atomic E-state index is -0.349. The first-order valence-electron chi connectivity index (χ1n) is 13.1. The molecule has 0 bridgehead atoms. The van der Waals surface area contributed by atoms with Gasteiger partial charge in [0.15, 0.2) is 0 Å². The quantitative estimate of drug-likeness (QED) is 0.443. The Morgan fingerprint density at radius 3 is 2.47 bits per heavy atom. The summed E-state index contributed by atoms with van der Waals surface area (Å²) in [6, 6.07) is 14.2. The second kappa shape index (κ2) is 11.1. The van der Waals surface area contributed by atoms with Crippen LogP contribution in [-0.2, 0) is 11.3 Å². The van der Waals surface area contributed by atoms with E-state index in [4.69, 9.17) is 5.73 Å². The fraction of sp³-hybridized carbons (Fsp3) is 0.400. The average molecular weight is 487 g/mol. The molecule has 0 radical (unpaired) electrons. The number of nitrogens with one attached hydrogen (secondary N) is 1. The lowest BCUT2D eigenvalue weighted by Gasteiger charge is -2.23. The van der Waals surface area contributed by atoms with Crippen LogP contribution in [0.4, 0.5) is 5.69 Å². The minimum absolute atomic E-state index is 0.0462. The summed E-state index contributed by atoms with van der Waals surface area (Å²) in [5.74, 6) is 0.481. The van der Waals surface area contributed by atoms with Crippen LogP contribution in [0.15, 0.2) is 59.0 Å². The highest BCUT2D eigenvalue weighted by molar-refractivity contribution is 5.99. The predicted octanol–water partition coefficient (Wildman–Crippen LogP) is 5.46. The van der Waals surface area contributed by atoms with E-state index in [1.54, 1.807) is 4.57 Å². The Hall–Kier alpha value is -3.38. The monoisotopic (exact) mass is 486 g/mol. The van der Waals surface area contributed by atoms with E-state index in [2.05, 4.69) is 51.2 Å². The summed E-state index contributed by atoms with van der Waals surface area (Å²) >= 11 is 0. The van der Waals surface area contributed by atoms with E-state index in [0.29, 0.717) is 18.9 Å². The van der Waals surface area contributed by atoms with Crippen molar-refractivity contribution >= 4 is 28.4 Å². The Balaban J connectivity index is 1.67. The average Bonchev–Trinajstić information content (AvgIpc) is 3.02. The molecule has 4 rings (SSSR count). The topological polar surface area (TPSA) is 80.4 Å². The number of rotatable bonds is 8. The first kappa shape index (κ1) is 25.7. The fourth-order valence-corrected chi connectivity index (χ4v) is 4.93. The number of aromatic nitrogens is 1. The summed E-state index contributed by atoms with van der Waals surface area (Å²) in [6.45, 7) is 10.6. The van der Waals surface area contributed by atoms with E-state index in [0.717, 1.165) is 64.7 Å². The van der Waals surface area contributed by atoms with Gasteiger partial charge in [-0.2, -0.15) is 0 Å². The molecule has 0 saturated carbocycles. The number of fused-ring (bicyclic) bond motifs is 2. The molecule has 1 aliphatic heterocycles. The number of pyridine rings is 1. The standard InChI is InChI=1S/C30H38N4O2/c1-5-12-33(13-6-2)29(35)25-16-24-8-7-22(17-27(24)32-28(31)18-25)21-9-10-26-23(15-21)11-14-34(30(26)36)19-20(3)4/h7-11,14-17,20,28,32H,5-6,12-13,18-19,31H2,1-4H3. The molecule has 1 aromatic heterocycles. The summed E-state index contributed by atoms with van der Waals surface area (Å²) < 4.78 is 1.79. The third kappa shape index (κ3) is 5.54. The molecule has 6 heteroatoms. The molecule has 36 heavy (non-hydrogen) atoms. The zero-order chi connectivity index (χ0) is 25.8. The summed E-state index contributed by atoms with van der Waals surface area (Å²) in [6.07, 6.45) is 5.86. The molecule has 3 N–H and O–H groups in total. The van der Waals surface area contributed by atoms with E-state index in [1.807, 2.05) is 41.4 Å². The maximum Gasteiger partial charge on any atom is 0.258 e. The van der Waals surface area contributed by atoms with Crippen molar-refractivity contribution in [3.05, 3.63) is 70.2 Å². The molecule has 6 nitrogen and oxygen atoms in total. The molecule has 1 aliphatic rings. The molecular weight excluding hydrogens is 448 g/mol. The van der Waals surface area contributed by atoms with Crippen LogP contribution in [0, 0.1) is 5.92 Å². The molecule has 3 aromatic rings. The lowest BCUT2D eigenvalue weighted by atomic mass is 9.99. The van der Waals surface area contributed by atoms with Gasteiger partial charge in [-0.1, -0.05) is 45.9 Å². The Labute approximate surface area is 213 Å². The highest BCUT2D eigenvalue weighted by atomic mass is 16.2. The molecule has 0 fully saturated rings. The zero-order valence-electron chi connectivity index (χ0n) is 21.9.